The van der Waals surface area contributed by atoms with Crippen LogP contribution in [-0.2, 0) is 0 Å². The molecule has 134 valence electrons. The van der Waals surface area contributed by atoms with Gasteiger partial charge >= 0.3 is 0 Å². The van der Waals surface area contributed by atoms with E-state index in [0.717, 1.165) is 0 Å². The highest BCUT2D eigenvalue weighted by atomic mass is 79.9. The van der Waals surface area contributed by atoms with E-state index in [4.69, 9.17) is 0 Å². The summed E-state index contributed by atoms with van der Waals surface area (Å²) in [5.41, 5.74) is 0. The summed E-state index contributed by atoms with van der Waals surface area (Å²) in [6.07, 6.45) is 16.0. The summed E-state index contributed by atoms with van der Waals surface area (Å²) in [6, 6.07) is 0. The van der Waals surface area contributed by atoms with Crippen molar-refractivity contribution in [2.45, 2.75) is 110 Å². The van der Waals surface area contributed by atoms with E-state index in [1.807, 2.05) is 0 Å². The molecule has 0 aromatic heterocycles. The van der Waals surface area contributed by atoms with Crippen molar-refractivity contribution < 1.29 is 0 Å². The summed E-state index contributed by atoms with van der Waals surface area (Å²) in [7, 11) is 0. The monoisotopic (exact) mass is 566 g/mol. The maximum Gasteiger partial charge on any atom is 0.0282 e. The van der Waals surface area contributed by atoms with Crippen molar-refractivity contribution in [2.24, 2.45) is 0 Å². The van der Waals surface area contributed by atoms with Crippen molar-refractivity contribution in [1.29, 1.82) is 0 Å². The Morgan fingerprint density at radius 3 is 1.36 bits per heavy atom. The van der Waals surface area contributed by atoms with Crippen molar-refractivity contribution >= 4 is 63.7 Å². The van der Waals surface area contributed by atoms with Gasteiger partial charge < -0.3 is 0 Å². The van der Waals surface area contributed by atoms with Crippen LogP contribution in [0.2, 0.25) is 0 Å². The lowest BCUT2D eigenvalue weighted by atomic mass is 10.0. The summed E-state index contributed by atoms with van der Waals surface area (Å²) in [4.78, 5) is 2.29. The molecule has 0 saturated carbocycles. The van der Waals surface area contributed by atoms with Gasteiger partial charge in [0.15, 0.2) is 0 Å². The molecule has 0 aliphatic heterocycles. The summed E-state index contributed by atoms with van der Waals surface area (Å²) < 4.78 is 0. The Morgan fingerprint density at radius 2 is 0.864 bits per heavy atom. The van der Waals surface area contributed by atoms with Crippen LogP contribution in [0.3, 0.4) is 0 Å². The maximum atomic E-state index is 3.89. The van der Waals surface area contributed by atoms with Crippen molar-refractivity contribution in [3.8, 4) is 0 Å². The predicted molar refractivity (Wildman–Crippen MR) is 118 cm³/mol. The van der Waals surface area contributed by atoms with E-state index in [-0.39, 0.29) is 0 Å². The Morgan fingerprint density at radius 1 is 0.500 bits per heavy atom. The van der Waals surface area contributed by atoms with E-state index in [1.54, 1.807) is 0 Å². The Bertz CT molecular complexity index is 235. The number of rotatable bonds is 15. The fourth-order valence-corrected chi connectivity index (χ4v) is 5.50. The molecule has 0 bridgehead atoms. The van der Waals surface area contributed by atoms with Gasteiger partial charge in [0, 0.05) is 19.3 Å². The van der Waals surface area contributed by atoms with Crippen LogP contribution in [0.25, 0.3) is 0 Å². The molecule has 0 saturated heterocycles. The van der Waals surface area contributed by atoms with Gasteiger partial charge in [0.25, 0.3) is 0 Å². The molecule has 0 amide bonds. The van der Waals surface area contributed by atoms with Crippen molar-refractivity contribution in [2.75, 3.05) is 0 Å². The average Bonchev–Trinajstić information content (AvgIpc) is 2.50. The molecule has 0 aliphatic rings. The third-order valence-electron chi connectivity index (χ3n) is 4.15. The Balaban J connectivity index is 3.76. The number of hydrogen-bond donors (Lipinski definition) is 0. The van der Waals surface area contributed by atoms with Gasteiger partial charge in [-0.25, -0.2) is 0 Å². The first-order valence-electron chi connectivity index (χ1n) is 9.09. The summed E-state index contributed by atoms with van der Waals surface area (Å²) >= 11 is 15.5. The Kier molecular flexibility index (Phi) is 17.8. The summed E-state index contributed by atoms with van der Waals surface area (Å²) in [5, 5.41) is 0. The minimum absolute atomic E-state index is 0.554. The molecule has 4 unspecified atom stereocenters. The molecule has 0 heterocycles. The topological polar surface area (TPSA) is 0 Å². The molecule has 0 N–H and O–H groups in total. The summed E-state index contributed by atoms with van der Waals surface area (Å²) in [5.74, 6) is 0. The average molecular weight is 570 g/mol. The van der Waals surface area contributed by atoms with Crippen LogP contribution in [-0.4, -0.2) is 19.3 Å². The van der Waals surface area contributed by atoms with E-state index in [2.05, 4.69) is 77.6 Å². The van der Waals surface area contributed by atoms with Crippen LogP contribution in [0.5, 0.6) is 0 Å². The standard InChI is InChI=1S/C18H34Br4/c1-3-5-7-8-9-11-13-16(20)18(22)14-17(21)15(19)12-10-6-4-2/h15-18H,3-14H2,1-2H3. The number of hydrogen-bond acceptors (Lipinski definition) is 0. The fourth-order valence-electron chi connectivity index (χ4n) is 2.58. The SMILES string of the molecule is CCCCCCCCC(Br)C(Br)CC(Br)C(Br)CCCCC. The highest BCUT2D eigenvalue weighted by Gasteiger charge is 2.23. The number of halogens is 4. The lowest BCUT2D eigenvalue weighted by Crippen LogP contribution is -2.23. The van der Waals surface area contributed by atoms with Gasteiger partial charge in [0.05, 0.1) is 0 Å². The molecule has 0 nitrogen and oxygen atoms in total. The molecule has 0 fully saturated rings. The quantitative estimate of drug-likeness (QED) is 0.137. The molecule has 0 spiro atoms. The van der Waals surface area contributed by atoms with Crippen molar-refractivity contribution in [1.82, 2.24) is 0 Å². The number of unbranched alkanes of at least 4 members (excludes halogenated alkanes) is 7. The largest absolute Gasteiger partial charge is 0.0879 e. The summed E-state index contributed by atoms with van der Waals surface area (Å²) in [6.45, 7) is 4.54. The van der Waals surface area contributed by atoms with Crippen LogP contribution in [0.1, 0.15) is 90.9 Å². The van der Waals surface area contributed by atoms with E-state index in [9.17, 15) is 0 Å². The van der Waals surface area contributed by atoms with Crippen LogP contribution < -0.4 is 0 Å². The van der Waals surface area contributed by atoms with Crippen LogP contribution in [0.4, 0.5) is 0 Å². The van der Waals surface area contributed by atoms with E-state index in [1.165, 1.54) is 77.0 Å². The molecule has 0 rings (SSSR count). The second-order valence-electron chi connectivity index (χ2n) is 6.35. The molecular formula is C18H34Br4. The highest BCUT2D eigenvalue weighted by molar-refractivity contribution is 9.13. The third kappa shape index (κ3) is 13.2. The highest BCUT2D eigenvalue weighted by Crippen LogP contribution is 2.31. The predicted octanol–water partition coefficient (Wildman–Crippen LogP) is 8.76. The van der Waals surface area contributed by atoms with Crippen LogP contribution in [0.15, 0.2) is 0 Å². The van der Waals surface area contributed by atoms with Crippen molar-refractivity contribution in [3.63, 3.8) is 0 Å². The third-order valence-corrected chi connectivity index (χ3v) is 9.79. The van der Waals surface area contributed by atoms with Gasteiger partial charge in [-0.15, -0.1) is 0 Å². The van der Waals surface area contributed by atoms with Gasteiger partial charge in [0.2, 0.25) is 0 Å². The van der Waals surface area contributed by atoms with Crippen LogP contribution >= 0.6 is 63.7 Å². The molecule has 0 aromatic rings. The normalized spacial score (nSPS) is 17.2. The zero-order chi connectivity index (χ0) is 16.8. The first kappa shape index (κ1) is 23.9. The second-order valence-corrected chi connectivity index (χ2v) is 11.1. The van der Waals surface area contributed by atoms with Crippen molar-refractivity contribution in [3.05, 3.63) is 0 Å². The number of alkyl halides is 4. The molecule has 4 atom stereocenters. The lowest BCUT2D eigenvalue weighted by molar-refractivity contribution is 0.564. The minimum Gasteiger partial charge on any atom is -0.0879 e. The van der Waals surface area contributed by atoms with Gasteiger partial charge in [-0.1, -0.05) is 135 Å². The fraction of sp³-hybridized carbons (Fsp3) is 1.00. The van der Waals surface area contributed by atoms with Gasteiger partial charge in [-0.2, -0.15) is 0 Å². The minimum atomic E-state index is 0.554. The zero-order valence-electron chi connectivity index (χ0n) is 14.3. The van der Waals surface area contributed by atoms with Gasteiger partial charge in [0.1, 0.15) is 0 Å². The Labute approximate surface area is 172 Å². The first-order valence-corrected chi connectivity index (χ1v) is 12.7. The molecule has 0 aliphatic carbocycles. The Hall–Kier alpha value is 1.92. The van der Waals surface area contributed by atoms with Gasteiger partial charge in [-0.05, 0) is 19.3 Å². The first-order chi connectivity index (χ1) is 10.5. The van der Waals surface area contributed by atoms with Gasteiger partial charge in [-0.3, -0.25) is 0 Å². The molecule has 0 aromatic carbocycles. The van der Waals surface area contributed by atoms with E-state index in [0.29, 0.717) is 19.3 Å². The van der Waals surface area contributed by atoms with E-state index >= 15 is 0 Å². The lowest BCUT2D eigenvalue weighted by Gasteiger charge is -2.23. The maximum absolute atomic E-state index is 3.89. The molecule has 0 radical (unpaired) electrons. The smallest absolute Gasteiger partial charge is 0.0282 e. The molecule has 22 heavy (non-hydrogen) atoms. The van der Waals surface area contributed by atoms with E-state index < -0.39 is 0 Å². The van der Waals surface area contributed by atoms with Crippen LogP contribution in [0, 0.1) is 0 Å². The molecule has 4 heteroatoms. The zero-order valence-corrected chi connectivity index (χ0v) is 20.7. The molecular weight excluding hydrogens is 536 g/mol. The second kappa shape index (κ2) is 16.4.